The summed E-state index contributed by atoms with van der Waals surface area (Å²) in [7, 11) is 0. The van der Waals surface area contributed by atoms with Gasteiger partial charge in [0.05, 0.1) is 0 Å². The quantitative estimate of drug-likeness (QED) is 0.272. The first-order chi connectivity index (χ1) is 10.6. The molecule has 1 heteroatoms. The van der Waals surface area contributed by atoms with Gasteiger partial charge in [0.1, 0.15) is 0 Å². The highest BCUT2D eigenvalue weighted by Gasteiger charge is 2.08. The van der Waals surface area contributed by atoms with Crippen LogP contribution in [0, 0.1) is 5.41 Å². The number of unbranched alkanes of at least 4 members (excludes halogenated alkanes) is 14. The molecule has 1 radical (unpaired) electrons. The van der Waals surface area contributed by atoms with Crippen molar-refractivity contribution in [2.75, 3.05) is 0 Å². The third kappa shape index (κ3) is 19.7. The average molecular weight is 310 g/mol. The van der Waals surface area contributed by atoms with Crippen LogP contribution in [0.2, 0.25) is 0 Å². The zero-order valence-electron chi connectivity index (χ0n) is 15.7. The molecule has 0 aliphatic rings. The number of hydrogen-bond acceptors (Lipinski definition) is 1. The lowest BCUT2D eigenvalue weighted by Gasteiger charge is -2.17. The van der Waals surface area contributed by atoms with Crippen LogP contribution >= 0.6 is 0 Å². The van der Waals surface area contributed by atoms with Crippen molar-refractivity contribution in [3.63, 3.8) is 0 Å². The summed E-state index contributed by atoms with van der Waals surface area (Å²) >= 11 is 0. The predicted molar refractivity (Wildman–Crippen MR) is 99.0 cm³/mol. The van der Waals surface area contributed by atoms with Crippen molar-refractivity contribution in [3.05, 3.63) is 0 Å². The molecule has 22 heavy (non-hydrogen) atoms. The molecule has 1 nitrogen and oxygen atoms in total. The third-order valence-electron chi connectivity index (χ3n) is 4.46. The molecule has 0 aromatic rings. The topological polar surface area (TPSA) is 17.1 Å². The largest absolute Gasteiger partial charge is 0.291 e. The van der Waals surface area contributed by atoms with E-state index in [0.717, 1.165) is 6.42 Å². The Balaban J connectivity index is 3.01. The van der Waals surface area contributed by atoms with Crippen LogP contribution < -0.4 is 0 Å². The van der Waals surface area contributed by atoms with Crippen LogP contribution in [-0.2, 0) is 4.79 Å². The van der Waals surface area contributed by atoms with Gasteiger partial charge in [0.25, 0.3) is 0 Å². The van der Waals surface area contributed by atoms with Crippen molar-refractivity contribution in [2.45, 2.75) is 124 Å². The number of rotatable bonds is 16. The monoisotopic (exact) mass is 309 g/mol. The van der Waals surface area contributed by atoms with Gasteiger partial charge in [-0.05, 0) is 18.3 Å². The van der Waals surface area contributed by atoms with Crippen LogP contribution in [0.15, 0.2) is 0 Å². The van der Waals surface area contributed by atoms with Crippen LogP contribution in [0.4, 0.5) is 0 Å². The highest BCUT2D eigenvalue weighted by molar-refractivity contribution is 5.50. The smallest absolute Gasteiger partial charge is 0.198 e. The average Bonchev–Trinajstić information content (AvgIpc) is 2.45. The Morgan fingerprint density at radius 1 is 0.545 bits per heavy atom. The van der Waals surface area contributed by atoms with E-state index in [1.54, 1.807) is 0 Å². The zero-order valence-corrected chi connectivity index (χ0v) is 15.7. The molecule has 0 heterocycles. The fraction of sp³-hybridized carbons (Fsp3) is 0.952. The minimum Gasteiger partial charge on any atom is -0.291 e. The summed E-state index contributed by atoms with van der Waals surface area (Å²) in [6.07, 6.45) is 23.1. The van der Waals surface area contributed by atoms with Crippen LogP contribution in [-0.4, -0.2) is 6.29 Å². The van der Waals surface area contributed by atoms with Crippen molar-refractivity contribution in [1.29, 1.82) is 0 Å². The molecule has 0 amide bonds. The lowest BCUT2D eigenvalue weighted by atomic mass is 9.89. The molecule has 0 bridgehead atoms. The third-order valence-corrected chi connectivity index (χ3v) is 4.46. The normalized spacial score (nSPS) is 11.8. The van der Waals surface area contributed by atoms with E-state index in [1.807, 2.05) is 6.29 Å². The molecular formula is C21H41O. The van der Waals surface area contributed by atoms with Gasteiger partial charge in [-0.25, -0.2) is 0 Å². The summed E-state index contributed by atoms with van der Waals surface area (Å²) in [6.45, 7) is 7.03. The lowest BCUT2D eigenvalue weighted by molar-refractivity contribution is 0.356. The predicted octanol–water partition coefficient (Wildman–Crippen LogP) is 7.38. The molecule has 0 N–H and O–H groups in total. The molecule has 0 aliphatic heterocycles. The summed E-state index contributed by atoms with van der Waals surface area (Å²) in [4.78, 5) is 10.1. The first-order valence-corrected chi connectivity index (χ1v) is 9.91. The number of hydrogen-bond donors (Lipinski definition) is 0. The summed E-state index contributed by atoms with van der Waals surface area (Å²) in [5.41, 5.74) is 0.521. The molecule has 0 saturated heterocycles. The first-order valence-electron chi connectivity index (χ1n) is 9.91. The van der Waals surface area contributed by atoms with E-state index >= 15 is 0 Å². The van der Waals surface area contributed by atoms with Crippen molar-refractivity contribution < 1.29 is 4.79 Å². The second-order valence-electron chi connectivity index (χ2n) is 8.15. The Morgan fingerprint density at radius 3 is 1.18 bits per heavy atom. The summed E-state index contributed by atoms with van der Waals surface area (Å²) < 4.78 is 0. The van der Waals surface area contributed by atoms with Crippen LogP contribution in [0.5, 0.6) is 0 Å². The van der Waals surface area contributed by atoms with E-state index < -0.39 is 0 Å². The molecule has 0 unspecified atom stereocenters. The van der Waals surface area contributed by atoms with E-state index in [1.165, 1.54) is 89.9 Å². The molecule has 0 rings (SSSR count). The van der Waals surface area contributed by atoms with Gasteiger partial charge in [0.15, 0.2) is 6.29 Å². The van der Waals surface area contributed by atoms with Crippen molar-refractivity contribution in [1.82, 2.24) is 0 Å². The van der Waals surface area contributed by atoms with Gasteiger partial charge in [-0.1, -0.05) is 104 Å². The van der Waals surface area contributed by atoms with Crippen LogP contribution in [0.3, 0.4) is 0 Å². The minimum absolute atomic E-state index is 0.521. The maximum atomic E-state index is 10.1. The SMILES string of the molecule is CC(C)(C)CCCCCCCCCCCCCCCC[C]=O. The second-order valence-corrected chi connectivity index (χ2v) is 8.15. The second kappa shape index (κ2) is 15.6. The maximum Gasteiger partial charge on any atom is 0.198 e. The Bertz CT molecular complexity index is 227. The van der Waals surface area contributed by atoms with E-state index in [2.05, 4.69) is 20.8 Å². The van der Waals surface area contributed by atoms with Gasteiger partial charge in [0, 0.05) is 6.42 Å². The Morgan fingerprint density at radius 2 is 0.864 bits per heavy atom. The van der Waals surface area contributed by atoms with E-state index in [-0.39, 0.29) is 0 Å². The molecule has 0 aliphatic carbocycles. The Labute approximate surface area is 140 Å². The molecule has 0 fully saturated rings. The fourth-order valence-electron chi connectivity index (χ4n) is 2.97. The van der Waals surface area contributed by atoms with Gasteiger partial charge in [-0.3, -0.25) is 4.79 Å². The van der Waals surface area contributed by atoms with Gasteiger partial charge in [-0.15, -0.1) is 0 Å². The Kier molecular flexibility index (Phi) is 15.3. The van der Waals surface area contributed by atoms with Crippen LogP contribution in [0.1, 0.15) is 124 Å². The highest BCUT2D eigenvalue weighted by Crippen LogP contribution is 2.22. The fourth-order valence-corrected chi connectivity index (χ4v) is 2.97. The molecule has 131 valence electrons. The highest BCUT2D eigenvalue weighted by atomic mass is 16.1. The molecule has 0 atom stereocenters. The Hall–Kier alpha value is -0.330. The summed E-state index contributed by atoms with van der Waals surface area (Å²) in [5.74, 6) is 0. The molecular weight excluding hydrogens is 268 g/mol. The first kappa shape index (κ1) is 21.7. The molecule has 0 aromatic heterocycles. The van der Waals surface area contributed by atoms with Gasteiger partial charge in [0.2, 0.25) is 0 Å². The summed E-state index contributed by atoms with van der Waals surface area (Å²) in [5, 5.41) is 0. The minimum atomic E-state index is 0.521. The van der Waals surface area contributed by atoms with Gasteiger partial charge in [-0.2, -0.15) is 0 Å². The van der Waals surface area contributed by atoms with E-state index in [0.29, 0.717) is 11.8 Å². The summed E-state index contributed by atoms with van der Waals surface area (Å²) in [6, 6.07) is 0. The standard InChI is InChI=1S/C21H41O/c1-21(2,3)19-17-15-13-11-9-7-5-4-6-8-10-12-14-16-18-20-22/h4-19H2,1-3H3. The van der Waals surface area contributed by atoms with Crippen molar-refractivity contribution in [2.24, 2.45) is 5.41 Å². The molecule has 0 saturated carbocycles. The maximum absolute atomic E-state index is 10.1. The lowest BCUT2D eigenvalue weighted by Crippen LogP contribution is -2.03. The molecule has 0 aromatic carbocycles. The van der Waals surface area contributed by atoms with E-state index in [4.69, 9.17) is 0 Å². The van der Waals surface area contributed by atoms with Gasteiger partial charge < -0.3 is 0 Å². The van der Waals surface area contributed by atoms with Crippen molar-refractivity contribution in [3.8, 4) is 0 Å². The van der Waals surface area contributed by atoms with Crippen molar-refractivity contribution >= 4 is 6.29 Å². The van der Waals surface area contributed by atoms with Gasteiger partial charge >= 0.3 is 0 Å². The number of carbonyl (C=O) groups excluding carboxylic acids is 1. The molecule has 0 spiro atoms. The van der Waals surface area contributed by atoms with E-state index in [9.17, 15) is 4.79 Å². The van der Waals surface area contributed by atoms with Crippen LogP contribution in [0.25, 0.3) is 0 Å². The zero-order chi connectivity index (χ0) is 16.5.